The molecule has 14 heavy (non-hydrogen) atoms. The third-order valence-corrected chi connectivity index (χ3v) is 2.61. The molecule has 0 aliphatic carbocycles. The molecule has 1 aromatic rings. The Balaban J connectivity index is 2.11. The van der Waals surface area contributed by atoms with Crippen LogP contribution in [0.2, 0.25) is 0 Å². The van der Waals surface area contributed by atoms with Gasteiger partial charge in [-0.3, -0.25) is 0 Å². The van der Waals surface area contributed by atoms with Gasteiger partial charge < -0.3 is 9.64 Å². The molecule has 1 heterocycles. The van der Waals surface area contributed by atoms with E-state index in [4.69, 9.17) is 4.74 Å². The lowest BCUT2D eigenvalue weighted by atomic mass is 10.1. The molecule has 0 aromatic heterocycles. The second kappa shape index (κ2) is 4.11. The van der Waals surface area contributed by atoms with Crippen molar-refractivity contribution in [1.82, 2.24) is 4.90 Å². The van der Waals surface area contributed by atoms with Gasteiger partial charge in [-0.05, 0) is 19.5 Å². The van der Waals surface area contributed by atoms with E-state index in [0.717, 1.165) is 13.1 Å². The van der Waals surface area contributed by atoms with Crippen LogP contribution in [0.1, 0.15) is 18.6 Å². The highest BCUT2D eigenvalue weighted by Crippen LogP contribution is 2.23. The van der Waals surface area contributed by atoms with E-state index in [1.165, 1.54) is 5.56 Å². The molecule has 1 aliphatic heterocycles. The fourth-order valence-electron chi connectivity index (χ4n) is 2.01. The Morgan fingerprint density at radius 2 is 1.93 bits per heavy atom. The highest BCUT2D eigenvalue weighted by atomic mass is 16.5. The van der Waals surface area contributed by atoms with Gasteiger partial charge in [0.05, 0.1) is 12.2 Å². The number of hydrogen-bond donors (Lipinski definition) is 0. The van der Waals surface area contributed by atoms with Crippen LogP contribution in [0.4, 0.5) is 0 Å². The predicted octanol–water partition coefficient (Wildman–Crippen LogP) is 2.08. The molecule has 0 saturated carbocycles. The van der Waals surface area contributed by atoms with Gasteiger partial charge in [0.1, 0.15) is 0 Å². The van der Waals surface area contributed by atoms with Crippen molar-refractivity contribution in [3.05, 3.63) is 35.9 Å². The second-order valence-corrected chi connectivity index (χ2v) is 4.07. The summed E-state index contributed by atoms with van der Waals surface area (Å²) in [4.78, 5) is 2.33. The van der Waals surface area contributed by atoms with Gasteiger partial charge in [-0.2, -0.15) is 0 Å². The first kappa shape index (κ1) is 9.69. The highest BCUT2D eigenvalue weighted by Gasteiger charge is 2.23. The first-order valence-corrected chi connectivity index (χ1v) is 5.14. The Morgan fingerprint density at radius 1 is 1.21 bits per heavy atom. The van der Waals surface area contributed by atoms with Gasteiger partial charge in [0, 0.05) is 13.1 Å². The van der Waals surface area contributed by atoms with E-state index < -0.39 is 0 Å². The summed E-state index contributed by atoms with van der Waals surface area (Å²) in [5.74, 6) is 0. The molecule has 0 N–H and O–H groups in total. The lowest BCUT2D eigenvalue weighted by molar-refractivity contribution is -0.0715. The number of benzene rings is 1. The maximum absolute atomic E-state index is 5.90. The van der Waals surface area contributed by atoms with E-state index in [2.05, 4.69) is 43.1 Å². The lowest BCUT2D eigenvalue weighted by Crippen LogP contribution is -2.40. The minimum Gasteiger partial charge on any atom is -0.368 e. The third kappa shape index (κ3) is 2.14. The molecule has 0 amide bonds. The number of ether oxygens (including phenoxy) is 1. The fourth-order valence-corrected chi connectivity index (χ4v) is 2.01. The Labute approximate surface area is 85.5 Å². The molecule has 1 aromatic carbocycles. The van der Waals surface area contributed by atoms with Gasteiger partial charge in [-0.1, -0.05) is 30.3 Å². The normalized spacial score (nSPS) is 29.0. The zero-order chi connectivity index (χ0) is 9.97. The summed E-state index contributed by atoms with van der Waals surface area (Å²) in [7, 11) is 2.15. The van der Waals surface area contributed by atoms with Crippen LogP contribution in [-0.2, 0) is 4.74 Å². The summed E-state index contributed by atoms with van der Waals surface area (Å²) in [6, 6.07) is 10.4. The molecule has 2 heteroatoms. The fraction of sp³-hybridized carbons (Fsp3) is 0.500. The van der Waals surface area contributed by atoms with Gasteiger partial charge in [-0.25, -0.2) is 0 Å². The van der Waals surface area contributed by atoms with Crippen molar-refractivity contribution in [2.75, 3.05) is 20.1 Å². The molecule has 2 unspecified atom stereocenters. The highest BCUT2D eigenvalue weighted by molar-refractivity contribution is 5.18. The van der Waals surface area contributed by atoms with Gasteiger partial charge >= 0.3 is 0 Å². The Kier molecular flexibility index (Phi) is 2.85. The molecule has 2 rings (SSSR count). The maximum atomic E-state index is 5.90. The van der Waals surface area contributed by atoms with Crippen LogP contribution in [0, 0.1) is 0 Å². The number of morpholine rings is 1. The Hall–Kier alpha value is -0.860. The van der Waals surface area contributed by atoms with E-state index in [9.17, 15) is 0 Å². The number of likely N-dealkylation sites (N-methyl/N-ethyl adjacent to an activating group) is 1. The zero-order valence-corrected chi connectivity index (χ0v) is 8.81. The van der Waals surface area contributed by atoms with Gasteiger partial charge in [0.15, 0.2) is 0 Å². The first-order valence-electron chi connectivity index (χ1n) is 5.14. The van der Waals surface area contributed by atoms with Crippen LogP contribution in [0.25, 0.3) is 0 Å². The topological polar surface area (TPSA) is 12.5 Å². The molecule has 0 spiro atoms. The summed E-state index contributed by atoms with van der Waals surface area (Å²) in [6.07, 6.45) is 0.573. The molecule has 1 saturated heterocycles. The van der Waals surface area contributed by atoms with E-state index in [-0.39, 0.29) is 6.10 Å². The largest absolute Gasteiger partial charge is 0.368 e. The summed E-state index contributed by atoms with van der Waals surface area (Å²) in [6.45, 7) is 4.16. The summed E-state index contributed by atoms with van der Waals surface area (Å²) >= 11 is 0. The molecule has 1 fully saturated rings. The maximum Gasteiger partial charge on any atom is 0.0955 e. The molecule has 0 radical (unpaired) electrons. The molecular weight excluding hydrogens is 174 g/mol. The molecule has 2 atom stereocenters. The smallest absolute Gasteiger partial charge is 0.0955 e. The van der Waals surface area contributed by atoms with Gasteiger partial charge in [0.2, 0.25) is 0 Å². The average Bonchev–Trinajstić information content (AvgIpc) is 2.18. The number of nitrogens with zero attached hydrogens (tertiary/aromatic N) is 1. The van der Waals surface area contributed by atoms with Crippen molar-refractivity contribution in [3.63, 3.8) is 0 Å². The number of hydrogen-bond acceptors (Lipinski definition) is 2. The predicted molar refractivity (Wildman–Crippen MR) is 57.2 cm³/mol. The van der Waals surface area contributed by atoms with Crippen LogP contribution >= 0.6 is 0 Å². The molecular formula is C12H17NO. The average molecular weight is 191 g/mol. The van der Waals surface area contributed by atoms with Gasteiger partial charge in [-0.15, -0.1) is 0 Å². The minimum atomic E-state index is 0.241. The van der Waals surface area contributed by atoms with Crippen LogP contribution < -0.4 is 0 Å². The van der Waals surface area contributed by atoms with E-state index in [1.54, 1.807) is 0 Å². The monoisotopic (exact) mass is 191 g/mol. The first-order chi connectivity index (χ1) is 6.75. The van der Waals surface area contributed by atoms with Crippen molar-refractivity contribution >= 4 is 0 Å². The molecule has 1 aliphatic rings. The van der Waals surface area contributed by atoms with E-state index in [0.29, 0.717) is 6.10 Å². The Morgan fingerprint density at radius 3 is 2.57 bits per heavy atom. The van der Waals surface area contributed by atoms with Gasteiger partial charge in [0.25, 0.3) is 0 Å². The van der Waals surface area contributed by atoms with Crippen LogP contribution in [-0.4, -0.2) is 31.1 Å². The SMILES string of the molecule is CC1CN(C)CC(c2ccccc2)O1. The van der Waals surface area contributed by atoms with Crippen molar-refractivity contribution in [2.24, 2.45) is 0 Å². The number of rotatable bonds is 1. The van der Waals surface area contributed by atoms with Crippen molar-refractivity contribution < 1.29 is 4.74 Å². The standard InChI is InChI=1S/C12H17NO/c1-10-8-13(2)9-12(14-10)11-6-4-3-5-7-11/h3-7,10,12H,8-9H2,1-2H3. The summed E-state index contributed by atoms with van der Waals surface area (Å²) in [5.41, 5.74) is 1.28. The van der Waals surface area contributed by atoms with Crippen LogP contribution in [0.15, 0.2) is 30.3 Å². The molecule has 2 nitrogen and oxygen atoms in total. The van der Waals surface area contributed by atoms with Crippen molar-refractivity contribution in [1.29, 1.82) is 0 Å². The van der Waals surface area contributed by atoms with E-state index in [1.807, 2.05) is 6.07 Å². The molecule has 0 bridgehead atoms. The second-order valence-electron chi connectivity index (χ2n) is 4.07. The quantitative estimate of drug-likeness (QED) is 0.674. The van der Waals surface area contributed by atoms with Crippen LogP contribution in [0.5, 0.6) is 0 Å². The van der Waals surface area contributed by atoms with Crippen molar-refractivity contribution in [2.45, 2.75) is 19.1 Å². The third-order valence-electron chi connectivity index (χ3n) is 2.61. The summed E-state index contributed by atoms with van der Waals surface area (Å²) < 4.78 is 5.90. The van der Waals surface area contributed by atoms with Crippen molar-refractivity contribution in [3.8, 4) is 0 Å². The summed E-state index contributed by atoms with van der Waals surface area (Å²) in [5, 5.41) is 0. The Bertz CT molecular complexity index is 276. The van der Waals surface area contributed by atoms with E-state index >= 15 is 0 Å². The zero-order valence-electron chi connectivity index (χ0n) is 8.81. The minimum absolute atomic E-state index is 0.241. The lowest BCUT2D eigenvalue weighted by Gasteiger charge is -2.34. The van der Waals surface area contributed by atoms with Crippen LogP contribution in [0.3, 0.4) is 0 Å². The molecule has 76 valence electrons.